The van der Waals surface area contributed by atoms with Crippen LogP contribution < -0.4 is 10.5 Å². The second-order valence-corrected chi connectivity index (χ2v) is 4.91. The van der Waals surface area contributed by atoms with E-state index in [-0.39, 0.29) is 17.9 Å². The van der Waals surface area contributed by atoms with Gasteiger partial charge in [0.05, 0.1) is 19.6 Å². The number of hydrogen-bond donors (Lipinski definition) is 1. The Morgan fingerprint density at radius 2 is 1.85 bits per heavy atom. The maximum Gasteiger partial charge on any atom is 0.341 e. The van der Waals surface area contributed by atoms with Gasteiger partial charge in [0.1, 0.15) is 17.9 Å². The standard InChI is InChI=1S/C14H19NO5/c1-14(2,13(17)19-4)8-20-11-7-9(15)5-6-10(11)12(16)18-3/h5-7H,8,15H2,1-4H3. The first-order chi connectivity index (χ1) is 9.31. The number of methoxy groups -OCH3 is 2. The van der Waals surface area contributed by atoms with Crippen LogP contribution in [-0.2, 0) is 14.3 Å². The van der Waals surface area contributed by atoms with Crippen LogP contribution in [0.4, 0.5) is 5.69 Å². The van der Waals surface area contributed by atoms with Crippen molar-refractivity contribution in [3.63, 3.8) is 0 Å². The Hall–Kier alpha value is -2.24. The van der Waals surface area contributed by atoms with Crippen molar-refractivity contribution in [2.45, 2.75) is 13.8 Å². The minimum absolute atomic E-state index is 0.0487. The van der Waals surface area contributed by atoms with Gasteiger partial charge >= 0.3 is 11.9 Å². The zero-order valence-corrected chi connectivity index (χ0v) is 12.1. The van der Waals surface area contributed by atoms with Crippen LogP contribution in [0.1, 0.15) is 24.2 Å². The highest BCUT2D eigenvalue weighted by atomic mass is 16.5. The van der Waals surface area contributed by atoms with E-state index in [9.17, 15) is 9.59 Å². The maximum atomic E-state index is 11.6. The van der Waals surface area contributed by atoms with Crippen molar-refractivity contribution in [2.75, 3.05) is 26.6 Å². The number of esters is 2. The number of hydrogen-bond acceptors (Lipinski definition) is 6. The summed E-state index contributed by atoms with van der Waals surface area (Å²) >= 11 is 0. The second kappa shape index (κ2) is 6.27. The van der Waals surface area contributed by atoms with Gasteiger partial charge < -0.3 is 19.9 Å². The van der Waals surface area contributed by atoms with Gasteiger partial charge in [0.15, 0.2) is 0 Å². The SMILES string of the molecule is COC(=O)c1ccc(N)cc1OCC(C)(C)C(=O)OC. The molecule has 1 aromatic rings. The summed E-state index contributed by atoms with van der Waals surface area (Å²) in [6, 6.07) is 4.60. The molecule has 110 valence electrons. The van der Waals surface area contributed by atoms with E-state index in [1.807, 2.05) is 0 Å². The molecule has 1 rings (SSSR count). The van der Waals surface area contributed by atoms with Crippen molar-refractivity contribution in [2.24, 2.45) is 5.41 Å². The van der Waals surface area contributed by atoms with E-state index in [2.05, 4.69) is 4.74 Å². The van der Waals surface area contributed by atoms with Gasteiger partial charge in [-0.2, -0.15) is 0 Å². The van der Waals surface area contributed by atoms with Crippen molar-refractivity contribution < 1.29 is 23.8 Å². The molecular formula is C14H19NO5. The first-order valence-electron chi connectivity index (χ1n) is 6.01. The van der Waals surface area contributed by atoms with Crippen LogP contribution in [0.2, 0.25) is 0 Å². The highest BCUT2D eigenvalue weighted by molar-refractivity contribution is 5.93. The van der Waals surface area contributed by atoms with Gasteiger partial charge in [-0.25, -0.2) is 4.79 Å². The van der Waals surface area contributed by atoms with E-state index in [0.29, 0.717) is 5.69 Å². The molecule has 2 N–H and O–H groups in total. The Labute approximate surface area is 117 Å². The van der Waals surface area contributed by atoms with E-state index in [0.717, 1.165) is 0 Å². The van der Waals surface area contributed by atoms with Gasteiger partial charge in [-0.3, -0.25) is 4.79 Å². The number of anilines is 1. The Bertz CT molecular complexity index is 510. The van der Waals surface area contributed by atoms with Gasteiger partial charge in [0, 0.05) is 11.8 Å². The highest BCUT2D eigenvalue weighted by Crippen LogP contribution is 2.26. The molecule has 0 heterocycles. The zero-order chi connectivity index (χ0) is 15.3. The number of ether oxygens (including phenoxy) is 3. The van der Waals surface area contributed by atoms with Crippen LogP contribution in [0.15, 0.2) is 18.2 Å². The number of carbonyl (C=O) groups excluding carboxylic acids is 2. The number of nitrogen functional groups attached to an aromatic ring is 1. The molecule has 0 saturated carbocycles. The Kier molecular flexibility index (Phi) is 4.96. The van der Waals surface area contributed by atoms with Gasteiger partial charge in [0.2, 0.25) is 0 Å². The first kappa shape index (κ1) is 15.8. The molecule has 0 unspecified atom stereocenters. The summed E-state index contributed by atoms with van der Waals surface area (Å²) in [5, 5.41) is 0. The number of benzene rings is 1. The summed E-state index contributed by atoms with van der Waals surface area (Å²) < 4.78 is 14.9. The molecule has 0 saturated heterocycles. The van der Waals surface area contributed by atoms with Crippen LogP contribution in [0.5, 0.6) is 5.75 Å². The van der Waals surface area contributed by atoms with Gasteiger partial charge in [-0.15, -0.1) is 0 Å². The first-order valence-corrected chi connectivity index (χ1v) is 6.01. The Balaban J connectivity index is 2.94. The molecule has 0 fully saturated rings. The Morgan fingerprint density at radius 1 is 1.20 bits per heavy atom. The zero-order valence-electron chi connectivity index (χ0n) is 12.1. The highest BCUT2D eigenvalue weighted by Gasteiger charge is 2.30. The molecule has 20 heavy (non-hydrogen) atoms. The average Bonchev–Trinajstić information content (AvgIpc) is 2.43. The summed E-state index contributed by atoms with van der Waals surface area (Å²) in [5.74, 6) is -0.661. The third-order valence-corrected chi connectivity index (χ3v) is 2.74. The fourth-order valence-corrected chi connectivity index (χ4v) is 1.53. The molecule has 0 amide bonds. The average molecular weight is 281 g/mol. The molecule has 0 aromatic heterocycles. The molecule has 0 aliphatic rings. The van der Waals surface area contributed by atoms with Crippen LogP contribution in [0.25, 0.3) is 0 Å². The smallest absolute Gasteiger partial charge is 0.341 e. The number of rotatable bonds is 5. The van der Waals surface area contributed by atoms with Crippen molar-refractivity contribution in [3.8, 4) is 5.75 Å². The maximum absolute atomic E-state index is 11.6. The van der Waals surface area contributed by atoms with E-state index < -0.39 is 17.4 Å². The fraction of sp³-hybridized carbons (Fsp3) is 0.429. The molecule has 0 radical (unpaired) electrons. The lowest BCUT2D eigenvalue weighted by atomic mass is 9.95. The number of nitrogens with two attached hydrogens (primary N) is 1. The lowest BCUT2D eigenvalue weighted by Crippen LogP contribution is -2.32. The van der Waals surface area contributed by atoms with E-state index >= 15 is 0 Å². The minimum Gasteiger partial charge on any atom is -0.491 e. The molecule has 0 spiro atoms. The largest absolute Gasteiger partial charge is 0.491 e. The molecular weight excluding hydrogens is 262 g/mol. The van der Waals surface area contributed by atoms with Crippen LogP contribution in [0.3, 0.4) is 0 Å². The summed E-state index contributed by atoms with van der Waals surface area (Å²) in [7, 11) is 2.59. The monoisotopic (exact) mass is 281 g/mol. The summed E-state index contributed by atoms with van der Waals surface area (Å²) in [6.45, 7) is 3.42. The third kappa shape index (κ3) is 3.63. The van der Waals surface area contributed by atoms with E-state index in [1.54, 1.807) is 19.9 Å². The summed E-state index contributed by atoms with van der Waals surface area (Å²) in [6.07, 6.45) is 0. The van der Waals surface area contributed by atoms with Crippen molar-refractivity contribution in [1.82, 2.24) is 0 Å². The predicted molar refractivity (Wildman–Crippen MR) is 73.5 cm³/mol. The van der Waals surface area contributed by atoms with Crippen LogP contribution in [0, 0.1) is 5.41 Å². The quantitative estimate of drug-likeness (QED) is 0.652. The van der Waals surface area contributed by atoms with Gasteiger partial charge in [-0.05, 0) is 26.0 Å². The van der Waals surface area contributed by atoms with Crippen LogP contribution in [-0.4, -0.2) is 32.8 Å². The fourth-order valence-electron chi connectivity index (χ4n) is 1.53. The predicted octanol–water partition coefficient (Wildman–Crippen LogP) is 1.63. The second-order valence-electron chi connectivity index (χ2n) is 4.91. The number of carbonyl (C=O) groups is 2. The van der Waals surface area contributed by atoms with E-state index in [4.69, 9.17) is 15.2 Å². The Morgan fingerprint density at radius 3 is 2.40 bits per heavy atom. The minimum atomic E-state index is -0.841. The molecule has 6 nitrogen and oxygen atoms in total. The molecule has 6 heteroatoms. The topological polar surface area (TPSA) is 87.9 Å². The van der Waals surface area contributed by atoms with Crippen molar-refractivity contribution in [3.05, 3.63) is 23.8 Å². The normalized spacial score (nSPS) is 10.8. The molecule has 0 atom stereocenters. The lowest BCUT2D eigenvalue weighted by molar-refractivity contribution is -0.152. The summed E-state index contributed by atoms with van der Waals surface area (Å²) in [5.41, 5.74) is 5.53. The third-order valence-electron chi connectivity index (χ3n) is 2.74. The van der Waals surface area contributed by atoms with Crippen LogP contribution >= 0.6 is 0 Å². The molecule has 0 bridgehead atoms. The van der Waals surface area contributed by atoms with Crippen molar-refractivity contribution in [1.29, 1.82) is 0 Å². The lowest BCUT2D eigenvalue weighted by Gasteiger charge is -2.22. The van der Waals surface area contributed by atoms with Gasteiger partial charge in [-0.1, -0.05) is 0 Å². The van der Waals surface area contributed by atoms with E-state index in [1.165, 1.54) is 26.4 Å². The molecule has 1 aromatic carbocycles. The van der Waals surface area contributed by atoms with Crippen molar-refractivity contribution >= 4 is 17.6 Å². The molecule has 0 aliphatic heterocycles. The molecule has 0 aliphatic carbocycles. The summed E-state index contributed by atoms with van der Waals surface area (Å²) in [4.78, 5) is 23.2. The van der Waals surface area contributed by atoms with Gasteiger partial charge in [0.25, 0.3) is 0 Å².